The summed E-state index contributed by atoms with van der Waals surface area (Å²) < 4.78 is 38.1. The molecule has 0 unspecified atom stereocenters. The van der Waals surface area contributed by atoms with Crippen molar-refractivity contribution in [3.63, 3.8) is 0 Å². The first-order chi connectivity index (χ1) is 9.85. The topological polar surface area (TPSA) is 20.3 Å². The maximum Gasteiger partial charge on any atom is 0.406 e. The van der Waals surface area contributed by atoms with Gasteiger partial charge in [-0.1, -0.05) is 17.7 Å². The highest BCUT2D eigenvalue weighted by Crippen LogP contribution is 2.21. The van der Waals surface area contributed by atoms with Gasteiger partial charge in [0.1, 0.15) is 6.54 Å². The smallest absolute Gasteiger partial charge is 0.325 e. The molecule has 2 aromatic rings. The predicted octanol–water partition coefficient (Wildman–Crippen LogP) is 4.26. The van der Waals surface area contributed by atoms with E-state index >= 15 is 0 Å². The Kier molecular flexibility index (Phi) is 4.67. The van der Waals surface area contributed by atoms with Crippen molar-refractivity contribution in [2.75, 3.05) is 6.54 Å². The lowest BCUT2D eigenvalue weighted by Crippen LogP contribution is -2.38. The molecule has 0 aliphatic heterocycles. The Morgan fingerprint density at radius 2 is 2.05 bits per heavy atom. The lowest BCUT2D eigenvalue weighted by atomic mass is 10.1. The maximum absolute atomic E-state index is 12.7. The van der Waals surface area contributed by atoms with Crippen LogP contribution in [-0.4, -0.2) is 23.5 Å². The highest BCUT2D eigenvalue weighted by atomic mass is 32.1. The Hall–Kier alpha value is -1.82. The van der Waals surface area contributed by atoms with Gasteiger partial charge < -0.3 is 4.90 Å². The van der Waals surface area contributed by atoms with Gasteiger partial charge in [-0.15, -0.1) is 0 Å². The van der Waals surface area contributed by atoms with Gasteiger partial charge in [0.2, 0.25) is 0 Å². The molecule has 0 radical (unpaired) electrons. The molecule has 1 aromatic carbocycles. The molecule has 0 atom stereocenters. The minimum Gasteiger partial charge on any atom is -0.325 e. The number of carbonyl (C=O) groups is 1. The number of carbonyl (C=O) groups excluding carboxylic acids is 1. The zero-order chi connectivity index (χ0) is 15.5. The first-order valence-electron chi connectivity index (χ1n) is 6.29. The van der Waals surface area contributed by atoms with E-state index in [9.17, 15) is 18.0 Å². The molecule has 0 N–H and O–H groups in total. The molecule has 112 valence electrons. The van der Waals surface area contributed by atoms with Crippen LogP contribution >= 0.6 is 11.3 Å². The van der Waals surface area contributed by atoms with Crippen LogP contribution in [0.15, 0.2) is 41.1 Å². The Morgan fingerprint density at radius 1 is 1.29 bits per heavy atom. The summed E-state index contributed by atoms with van der Waals surface area (Å²) in [6.45, 7) is 0.495. The van der Waals surface area contributed by atoms with Crippen LogP contribution in [0.1, 0.15) is 21.5 Å². The molecule has 6 heteroatoms. The summed E-state index contributed by atoms with van der Waals surface area (Å²) in [6, 6.07) is 8.31. The molecule has 0 saturated carbocycles. The molecule has 21 heavy (non-hydrogen) atoms. The quantitative estimate of drug-likeness (QED) is 0.826. The van der Waals surface area contributed by atoms with Gasteiger partial charge in [-0.2, -0.15) is 24.5 Å². The normalized spacial score (nSPS) is 11.4. The first kappa shape index (κ1) is 15.6. The fourth-order valence-corrected chi connectivity index (χ4v) is 2.64. The van der Waals surface area contributed by atoms with Crippen LogP contribution in [0.4, 0.5) is 13.2 Å². The van der Waals surface area contributed by atoms with Gasteiger partial charge in [0.15, 0.2) is 0 Å². The van der Waals surface area contributed by atoms with Gasteiger partial charge in [0.05, 0.1) is 0 Å². The molecule has 2 rings (SSSR count). The van der Waals surface area contributed by atoms with Gasteiger partial charge in [-0.25, -0.2) is 0 Å². The maximum atomic E-state index is 12.7. The number of alkyl halides is 3. The fourth-order valence-electron chi connectivity index (χ4n) is 1.98. The van der Waals surface area contributed by atoms with Gasteiger partial charge in [0.25, 0.3) is 5.91 Å². The number of hydrogen-bond donors (Lipinski definition) is 0. The van der Waals surface area contributed by atoms with Gasteiger partial charge in [-0.05, 0) is 41.4 Å². The summed E-state index contributed by atoms with van der Waals surface area (Å²) in [7, 11) is 0. The van der Waals surface area contributed by atoms with E-state index in [0.29, 0.717) is 5.56 Å². The van der Waals surface area contributed by atoms with Crippen molar-refractivity contribution in [2.24, 2.45) is 0 Å². The van der Waals surface area contributed by atoms with Crippen LogP contribution in [0, 0.1) is 6.92 Å². The predicted molar refractivity (Wildman–Crippen MR) is 76.3 cm³/mol. The number of amides is 1. The van der Waals surface area contributed by atoms with E-state index in [2.05, 4.69) is 0 Å². The molecular formula is C15H14F3NOS. The summed E-state index contributed by atoms with van der Waals surface area (Å²) in [5.74, 6) is -0.609. The number of halogens is 3. The van der Waals surface area contributed by atoms with Crippen molar-refractivity contribution in [2.45, 2.75) is 19.6 Å². The molecule has 2 nitrogen and oxygen atoms in total. The van der Waals surface area contributed by atoms with E-state index in [1.807, 2.05) is 0 Å². The SMILES string of the molecule is Cc1cccc(C(=O)N(Cc2ccsc2)CC(F)(F)F)c1. The van der Waals surface area contributed by atoms with Crippen LogP contribution in [0.3, 0.4) is 0 Å². The van der Waals surface area contributed by atoms with Crippen LogP contribution in [-0.2, 0) is 6.54 Å². The lowest BCUT2D eigenvalue weighted by Gasteiger charge is -2.24. The fraction of sp³-hybridized carbons (Fsp3) is 0.267. The summed E-state index contributed by atoms with van der Waals surface area (Å²) >= 11 is 1.39. The van der Waals surface area contributed by atoms with E-state index in [1.54, 1.807) is 41.9 Å². The van der Waals surface area contributed by atoms with E-state index in [0.717, 1.165) is 10.5 Å². The summed E-state index contributed by atoms with van der Waals surface area (Å²) in [5, 5.41) is 3.52. The minimum atomic E-state index is -4.42. The lowest BCUT2D eigenvalue weighted by molar-refractivity contribution is -0.141. The monoisotopic (exact) mass is 313 g/mol. The summed E-state index contributed by atoms with van der Waals surface area (Å²) in [4.78, 5) is 13.2. The minimum absolute atomic E-state index is 0.0458. The average Bonchev–Trinajstić information content (AvgIpc) is 2.88. The number of benzene rings is 1. The largest absolute Gasteiger partial charge is 0.406 e. The standard InChI is InChI=1S/C15H14F3NOS/c1-11-3-2-4-13(7-11)14(20)19(10-15(16,17)18)8-12-5-6-21-9-12/h2-7,9H,8,10H2,1H3. The molecule has 0 aliphatic rings. The first-order valence-corrected chi connectivity index (χ1v) is 7.23. The number of nitrogens with zero attached hydrogens (tertiary/aromatic N) is 1. The summed E-state index contributed by atoms with van der Waals surface area (Å²) in [6.07, 6.45) is -4.42. The molecule has 1 heterocycles. The Bertz CT molecular complexity index is 608. The third kappa shape index (κ3) is 4.60. The Balaban J connectivity index is 2.23. The van der Waals surface area contributed by atoms with Crippen molar-refractivity contribution >= 4 is 17.2 Å². The molecule has 0 aliphatic carbocycles. The average molecular weight is 313 g/mol. The van der Waals surface area contributed by atoms with Crippen molar-refractivity contribution in [1.82, 2.24) is 4.90 Å². The molecule has 1 amide bonds. The van der Waals surface area contributed by atoms with Gasteiger partial charge in [-0.3, -0.25) is 4.79 Å². The molecule has 0 bridgehead atoms. The van der Waals surface area contributed by atoms with E-state index in [-0.39, 0.29) is 12.1 Å². The van der Waals surface area contributed by atoms with E-state index in [4.69, 9.17) is 0 Å². The highest BCUT2D eigenvalue weighted by molar-refractivity contribution is 7.07. The van der Waals surface area contributed by atoms with Crippen molar-refractivity contribution in [3.8, 4) is 0 Å². The number of thiophene rings is 1. The van der Waals surface area contributed by atoms with E-state index < -0.39 is 18.6 Å². The summed E-state index contributed by atoms with van der Waals surface area (Å²) in [5.41, 5.74) is 1.81. The second kappa shape index (κ2) is 6.30. The van der Waals surface area contributed by atoms with Crippen LogP contribution in [0.5, 0.6) is 0 Å². The zero-order valence-corrected chi connectivity index (χ0v) is 12.2. The van der Waals surface area contributed by atoms with E-state index in [1.165, 1.54) is 17.4 Å². The number of aryl methyl sites for hydroxylation is 1. The van der Waals surface area contributed by atoms with Crippen LogP contribution in [0.25, 0.3) is 0 Å². The second-order valence-corrected chi connectivity index (χ2v) is 5.56. The third-order valence-electron chi connectivity index (χ3n) is 2.88. The Labute approximate surface area is 124 Å². The highest BCUT2D eigenvalue weighted by Gasteiger charge is 2.33. The zero-order valence-electron chi connectivity index (χ0n) is 11.4. The third-order valence-corrected chi connectivity index (χ3v) is 3.61. The van der Waals surface area contributed by atoms with Crippen LogP contribution < -0.4 is 0 Å². The van der Waals surface area contributed by atoms with Crippen LogP contribution in [0.2, 0.25) is 0 Å². The number of rotatable bonds is 4. The molecule has 0 fully saturated rings. The molecular weight excluding hydrogens is 299 g/mol. The Morgan fingerprint density at radius 3 is 2.62 bits per heavy atom. The molecule has 0 spiro atoms. The van der Waals surface area contributed by atoms with Gasteiger partial charge in [0, 0.05) is 12.1 Å². The molecule has 1 aromatic heterocycles. The van der Waals surface area contributed by atoms with Crippen molar-refractivity contribution in [3.05, 3.63) is 57.8 Å². The second-order valence-electron chi connectivity index (χ2n) is 4.78. The molecule has 0 saturated heterocycles. The van der Waals surface area contributed by atoms with Crippen molar-refractivity contribution < 1.29 is 18.0 Å². The number of hydrogen-bond acceptors (Lipinski definition) is 2. The van der Waals surface area contributed by atoms with Crippen molar-refractivity contribution in [1.29, 1.82) is 0 Å². The van der Waals surface area contributed by atoms with Gasteiger partial charge >= 0.3 is 6.18 Å².